The highest BCUT2D eigenvalue weighted by Gasteiger charge is 2.15. The molecule has 1 aromatic rings. The molecule has 0 spiro atoms. The largest absolute Gasteiger partial charge is 0.325 e. The number of nitrogens with zero attached hydrogens (tertiary/aromatic N) is 2. The van der Waals surface area contributed by atoms with Crippen LogP contribution < -0.4 is 4.72 Å². The summed E-state index contributed by atoms with van der Waals surface area (Å²) >= 11 is 1.75. The van der Waals surface area contributed by atoms with E-state index in [9.17, 15) is 8.42 Å². The van der Waals surface area contributed by atoms with E-state index in [-0.39, 0.29) is 11.7 Å². The Hall–Kier alpha value is -0.530. The lowest BCUT2D eigenvalue weighted by atomic mass is 10.3. The highest BCUT2D eigenvalue weighted by atomic mass is 32.2. The molecular formula is C11H19N3O2S2. The van der Waals surface area contributed by atoms with Gasteiger partial charge in [-0.05, 0) is 5.92 Å². The van der Waals surface area contributed by atoms with Crippen molar-refractivity contribution in [3.05, 3.63) is 11.9 Å². The summed E-state index contributed by atoms with van der Waals surface area (Å²) in [6.45, 7) is 5.23. The molecule has 0 atom stereocenters. The summed E-state index contributed by atoms with van der Waals surface area (Å²) < 4.78 is 28.0. The summed E-state index contributed by atoms with van der Waals surface area (Å²) in [6, 6.07) is 0. The van der Waals surface area contributed by atoms with Crippen molar-refractivity contribution < 1.29 is 8.42 Å². The van der Waals surface area contributed by atoms with Gasteiger partial charge in [0, 0.05) is 31.5 Å². The second kappa shape index (κ2) is 5.63. The molecule has 0 unspecified atom stereocenters. The molecule has 0 amide bonds. The fourth-order valence-electron chi connectivity index (χ4n) is 1.91. The average Bonchev–Trinajstić information content (AvgIpc) is 2.74. The lowest BCUT2D eigenvalue weighted by Crippen LogP contribution is -2.30. The van der Waals surface area contributed by atoms with Gasteiger partial charge in [0.1, 0.15) is 0 Å². The molecule has 18 heavy (non-hydrogen) atoms. The number of rotatable bonds is 6. The van der Waals surface area contributed by atoms with Crippen molar-refractivity contribution >= 4 is 21.8 Å². The van der Waals surface area contributed by atoms with Crippen molar-refractivity contribution in [2.45, 2.75) is 32.0 Å². The molecule has 1 aromatic heterocycles. The lowest BCUT2D eigenvalue weighted by molar-refractivity contribution is 0.568. The van der Waals surface area contributed by atoms with Gasteiger partial charge in [0.25, 0.3) is 0 Å². The normalized spacial score (nSPS) is 15.3. The molecule has 0 saturated heterocycles. The maximum atomic E-state index is 11.6. The Morgan fingerprint density at radius 2 is 2.33 bits per heavy atom. The van der Waals surface area contributed by atoms with Gasteiger partial charge in [-0.25, -0.2) is 18.1 Å². The SMILES string of the molecule is CC(C)CS(=O)(=O)NCCc1cn2c(n1)SCC2. The van der Waals surface area contributed by atoms with Gasteiger partial charge in [-0.15, -0.1) is 0 Å². The molecule has 0 radical (unpaired) electrons. The van der Waals surface area contributed by atoms with E-state index in [1.165, 1.54) is 0 Å². The van der Waals surface area contributed by atoms with Crippen LogP contribution >= 0.6 is 11.8 Å². The molecule has 0 aliphatic carbocycles. The van der Waals surface area contributed by atoms with Gasteiger partial charge in [-0.2, -0.15) is 0 Å². The minimum atomic E-state index is -3.14. The van der Waals surface area contributed by atoms with Crippen LogP contribution in [0.2, 0.25) is 0 Å². The van der Waals surface area contributed by atoms with E-state index >= 15 is 0 Å². The van der Waals surface area contributed by atoms with Crippen LogP contribution in [0.4, 0.5) is 0 Å². The van der Waals surface area contributed by atoms with Crippen molar-refractivity contribution in [1.29, 1.82) is 0 Å². The molecule has 2 heterocycles. The Morgan fingerprint density at radius 1 is 1.56 bits per heavy atom. The number of hydrogen-bond donors (Lipinski definition) is 1. The minimum absolute atomic E-state index is 0.148. The number of fused-ring (bicyclic) bond motifs is 1. The summed E-state index contributed by atoms with van der Waals surface area (Å²) in [5.41, 5.74) is 0.962. The summed E-state index contributed by atoms with van der Waals surface area (Å²) in [7, 11) is -3.14. The Morgan fingerprint density at radius 3 is 3.00 bits per heavy atom. The highest BCUT2D eigenvalue weighted by molar-refractivity contribution is 7.99. The molecule has 102 valence electrons. The number of sulfonamides is 1. The molecule has 0 fully saturated rings. The quantitative estimate of drug-likeness (QED) is 0.852. The molecule has 7 heteroatoms. The maximum Gasteiger partial charge on any atom is 0.211 e. The Balaban J connectivity index is 1.81. The Kier molecular flexibility index (Phi) is 4.34. The first-order valence-electron chi connectivity index (χ1n) is 6.12. The zero-order valence-electron chi connectivity index (χ0n) is 10.7. The van der Waals surface area contributed by atoms with Crippen molar-refractivity contribution in [3.8, 4) is 0 Å². The monoisotopic (exact) mass is 289 g/mol. The first-order valence-corrected chi connectivity index (χ1v) is 8.76. The zero-order chi connectivity index (χ0) is 13.2. The summed E-state index contributed by atoms with van der Waals surface area (Å²) in [5, 5.41) is 1.05. The molecule has 1 aliphatic rings. The number of imidazole rings is 1. The maximum absolute atomic E-state index is 11.6. The standard InChI is InChI=1S/C11H19N3O2S2/c1-9(2)8-18(15,16)12-4-3-10-7-14-5-6-17-11(14)13-10/h7,9,12H,3-6,8H2,1-2H3. The van der Waals surface area contributed by atoms with E-state index in [1.807, 2.05) is 20.0 Å². The molecular weight excluding hydrogens is 270 g/mol. The van der Waals surface area contributed by atoms with Crippen molar-refractivity contribution in [3.63, 3.8) is 0 Å². The van der Waals surface area contributed by atoms with Gasteiger partial charge < -0.3 is 4.57 Å². The molecule has 0 saturated carbocycles. The number of nitrogens with one attached hydrogen (secondary N) is 1. The second-order valence-corrected chi connectivity index (χ2v) is 7.79. The predicted molar refractivity (Wildman–Crippen MR) is 73.3 cm³/mol. The first-order chi connectivity index (χ1) is 8.46. The smallest absolute Gasteiger partial charge is 0.211 e. The molecule has 5 nitrogen and oxygen atoms in total. The van der Waals surface area contributed by atoms with E-state index in [2.05, 4.69) is 14.3 Å². The Bertz CT molecular complexity index is 487. The predicted octanol–water partition coefficient (Wildman–Crippen LogP) is 1.11. The van der Waals surface area contributed by atoms with Gasteiger partial charge >= 0.3 is 0 Å². The number of thioether (sulfide) groups is 1. The van der Waals surface area contributed by atoms with Crippen LogP contribution in [0, 0.1) is 5.92 Å². The fraction of sp³-hybridized carbons (Fsp3) is 0.727. The molecule has 1 N–H and O–H groups in total. The third-order valence-electron chi connectivity index (χ3n) is 2.61. The van der Waals surface area contributed by atoms with E-state index in [1.54, 1.807) is 11.8 Å². The van der Waals surface area contributed by atoms with Gasteiger partial charge in [-0.1, -0.05) is 25.6 Å². The summed E-state index contributed by atoms with van der Waals surface area (Å²) in [4.78, 5) is 4.46. The first kappa shape index (κ1) is 13.9. The Labute approximate surface area is 112 Å². The average molecular weight is 289 g/mol. The van der Waals surface area contributed by atoms with Crippen LogP contribution in [0.1, 0.15) is 19.5 Å². The third-order valence-corrected chi connectivity index (χ3v) is 5.33. The number of aryl methyl sites for hydroxylation is 1. The van der Waals surface area contributed by atoms with Gasteiger partial charge in [0.15, 0.2) is 5.16 Å². The third kappa shape index (κ3) is 3.73. The summed E-state index contributed by atoms with van der Waals surface area (Å²) in [5.74, 6) is 1.42. The van der Waals surface area contributed by atoms with Gasteiger partial charge in [0.05, 0.1) is 11.4 Å². The number of aromatic nitrogens is 2. The minimum Gasteiger partial charge on any atom is -0.325 e. The molecule has 0 bridgehead atoms. The van der Waals surface area contributed by atoms with E-state index in [0.717, 1.165) is 23.1 Å². The van der Waals surface area contributed by atoms with Crippen LogP contribution in [0.3, 0.4) is 0 Å². The molecule has 2 rings (SSSR count). The van der Waals surface area contributed by atoms with E-state index < -0.39 is 10.0 Å². The van der Waals surface area contributed by atoms with Gasteiger partial charge in [-0.3, -0.25) is 0 Å². The number of hydrogen-bond acceptors (Lipinski definition) is 4. The van der Waals surface area contributed by atoms with Crippen molar-refractivity contribution in [2.75, 3.05) is 18.1 Å². The van der Waals surface area contributed by atoms with E-state index in [0.29, 0.717) is 13.0 Å². The summed E-state index contributed by atoms with van der Waals surface area (Å²) in [6.07, 6.45) is 2.67. The highest BCUT2D eigenvalue weighted by Crippen LogP contribution is 2.24. The van der Waals surface area contributed by atoms with Crippen molar-refractivity contribution in [2.24, 2.45) is 5.92 Å². The molecule has 0 aromatic carbocycles. The van der Waals surface area contributed by atoms with Crippen LogP contribution in [0.15, 0.2) is 11.4 Å². The van der Waals surface area contributed by atoms with Crippen molar-refractivity contribution in [1.82, 2.24) is 14.3 Å². The lowest BCUT2D eigenvalue weighted by Gasteiger charge is -2.07. The van der Waals surface area contributed by atoms with E-state index in [4.69, 9.17) is 0 Å². The van der Waals surface area contributed by atoms with Crippen LogP contribution in [0.25, 0.3) is 0 Å². The molecule has 1 aliphatic heterocycles. The second-order valence-electron chi connectivity index (χ2n) is 4.88. The van der Waals surface area contributed by atoms with Crippen LogP contribution in [-0.4, -0.2) is 36.0 Å². The topological polar surface area (TPSA) is 64.0 Å². The van der Waals surface area contributed by atoms with Crippen LogP contribution in [-0.2, 0) is 23.0 Å². The fourth-order valence-corrected chi connectivity index (χ4v) is 4.29. The zero-order valence-corrected chi connectivity index (χ0v) is 12.4. The van der Waals surface area contributed by atoms with Crippen LogP contribution in [0.5, 0.6) is 0 Å². The van der Waals surface area contributed by atoms with Gasteiger partial charge in [0.2, 0.25) is 10.0 Å².